The molecule has 5 nitrogen and oxygen atoms in total. The van der Waals surface area contributed by atoms with E-state index in [1.54, 1.807) is 12.1 Å². The highest BCUT2D eigenvalue weighted by Gasteiger charge is 2.15. The van der Waals surface area contributed by atoms with E-state index in [0.717, 1.165) is 5.56 Å². The molecule has 0 radical (unpaired) electrons. The maximum Gasteiger partial charge on any atom is 0.286 e. The lowest BCUT2D eigenvalue weighted by atomic mass is 9.86. The highest BCUT2D eigenvalue weighted by molar-refractivity contribution is 5.91. The van der Waals surface area contributed by atoms with E-state index in [0.29, 0.717) is 0 Å². The zero-order valence-corrected chi connectivity index (χ0v) is 15.3. The normalized spacial score (nSPS) is 12.5. The first kappa shape index (κ1) is 18.8. The second-order valence-corrected chi connectivity index (χ2v) is 7.14. The van der Waals surface area contributed by atoms with Crippen molar-refractivity contribution in [3.8, 4) is 0 Å². The Balaban J connectivity index is 1.79. The Labute approximate surface area is 148 Å². The van der Waals surface area contributed by atoms with E-state index in [1.807, 2.05) is 19.1 Å². The van der Waals surface area contributed by atoms with Crippen molar-refractivity contribution in [3.63, 3.8) is 0 Å². The summed E-state index contributed by atoms with van der Waals surface area (Å²) in [7, 11) is 0. The molecule has 0 spiro atoms. The van der Waals surface area contributed by atoms with Gasteiger partial charge in [-0.3, -0.25) is 9.59 Å². The SMILES string of the molecule is CC(NC(=O)CCNC(=O)c1ccco1)c1ccc(C(C)(C)C)cc1. The van der Waals surface area contributed by atoms with Crippen LogP contribution in [0.15, 0.2) is 47.1 Å². The van der Waals surface area contributed by atoms with Crippen LogP contribution in [0.5, 0.6) is 0 Å². The van der Waals surface area contributed by atoms with Crippen LogP contribution >= 0.6 is 0 Å². The van der Waals surface area contributed by atoms with Crippen molar-refractivity contribution in [1.29, 1.82) is 0 Å². The maximum atomic E-state index is 12.0. The number of hydrogen-bond donors (Lipinski definition) is 2. The topological polar surface area (TPSA) is 71.3 Å². The maximum absolute atomic E-state index is 12.0. The van der Waals surface area contributed by atoms with Gasteiger partial charge in [0.2, 0.25) is 5.91 Å². The highest BCUT2D eigenvalue weighted by Crippen LogP contribution is 2.23. The molecule has 0 aliphatic carbocycles. The molecule has 2 rings (SSSR count). The van der Waals surface area contributed by atoms with Crippen molar-refractivity contribution in [2.45, 2.75) is 45.6 Å². The predicted octanol–water partition coefficient (Wildman–Crippen LogP) is 3.57. The van der Waals surface area contributed by atoms with Crippen molar-refractivity contribution >= 4 is 11.8 Å². The number of rotatable bonds is 6. The van der Waals surface area contributed by atoms with E-state index >= 15 is 0 Å². The van der Waals surface area contributed by atoms with E-state index in [4.69, 9.17) is 4.42 Å². The molecule has 2 amide bonds. The number of carbonyl (C=O) groups is 2. The number of amides is 2. The molecule has 1 aromatic heterocycles. The average Bonchev–Trinajstić information content (AvgIpc) is 3.08. The Morgan fingerprint density at radius 1 is 1.12 bits per heavy atom. The number of hydrogen-bond acceptors (Lipinski definition) is 3. The van der Waals surface area contributed by atoms with Crippen molar-refractivity contribution in [1.82, 2.24) is 10.6 Å². The Morgan fingerprint density at radius 2 is 1.80 bits per heavy atom. The lowest BCUT2D eigenvalue weighted by Crippen LogP contribution is -2.32. The summed E-state index contributed by atoms with van der Waals surface area (Å²) in [6, 6.07) is 11.4. The van der Waals surface area contributed by atoms with E-state index in [1.165, 1.54) is 11.8 Å². The molecule has 25 heavy (non-hydrogen) atoms. The van der Waals surface area contributed by atoms with Crippen LogP contribution in [0.25, 0.3) is 0 Å². The third-order valence-corrected chi connectivity index (χ3v) is 4.04. The van der Waals surface area contributed by atoms with Crippen LogP contribution < -0.4 is 10.6 Å². The lowest BCUT2D eigenvalue weighted by molar-refractivity contribution is -0.121. The molecule has 1 atom stereocenters. The van der Waals surface area contributed by atoms with Gasteiger partial charge in [-0.05, 0) is 35.6 Å². The molecule has 2 aromatic rings. The molecule has 0 aliphatic rings. The van der Waals surface area contributed by atoms with Crippen LogP contribution in [-0.4, -0.2) is 18.4 Å². The molecule has 1 aromatic carbocycles. The van der Waals surface area contributed by atoms with Crippen molar-refractivity contribution in [2.75, 3.05) is 6.54 Å². The molecule has 2 N–H and O–H groups in total. The summed E-state index contributed by atoms with van der Waals surface area (Å²) < 4.78 is 5.00. The summed E-state index contributed by atoms with van der Waals surface area (Å²) in [6.45, 7) is 8.73. The van der Waals surface area contributed by atoms with E-state index in [2.05, 4.69) is 43.5 Å². The molecule has 134 valence electrons. The summed E-state index contributed by atoms with van der Waals surface area (Å²) in [4.78, 5) is 23.7. The molecule has 0 saturated carbocycles. The highest BCUT2D eigenvalue weighted by atomic mass is 16.3. The number of benzene rings is 1. The third kappa shape index (κ3) is 5.48. The molecule has 5 heteroatoms. The van der Waals surface area contributed by atoms with Gasteiger partial charge in [0, 0.05) is 13.0 Å². The molecule has 1 heterocycles. The Hall–Kier alpha value is -2.56. The lowest BCUT2D eigenvalue weighted by Gasteiger charge is -2.20. The van der Waals surface area contributed by atoms with Crippen LogP contribution in [0.4, 0.5) is 0 Å². The second-order valence-electron chi connectivity index (χ2n) is 7.14. The summed E-state index contributed by atoms with van der Waals surface area (Å²) in [5.41, 5.74) is 2.42. The van der Waals surface area contributed by atoms with Crippen LogP contribution in [0.2, 0.25) is 0 Å². The van der Waals surface area contributed by atoms with Gasteiger partial charge in [0.05, 0.1) is 12.3 Å². The molecule has 0 fully saturated rings. The van der Waals surface area contributed by atoms with E-state index in [9.17, 15) is 9.59 Å². The van der Waals surface area contributed by atoms with E-state index < -0.39 is 0 Å². The largest absolute Gasteiger partial charge is 0.459 e. The van der Waals surface area contributed by atoms with Gasteiger partial charge in [0.1, 0.15) is 0 Å². The van der Waals surface area contributed by atoms with Gasteiger partial charge >= 0.3 is 0 Å². The van der Waals surface area contributed by atoms with E-state index in [-0.39, 0.29) is 42.0 Å². The number of furan rings is 1. The zero-order valence-electron chi connectivity index (χ0n) is 15.3. The van der Waals surface area contributed by atoms with Crippen molar-refractivity contribution < 1.29 is 14.0 Å². The van der Waals surface area contributed by atoms with Crippen LogP contribution in [0, 0.1) is 0 Å². The Morgan fingerprint density at radius 3 is 2.36 bits per heavy atom. The second kappa shape index (κ2) is 8.01. The van der Waals surface area contributed by atoms with Gasteiger partial charge in [-0.1, -0.05) is 45.0 Å². The fraction of sp³-hybridized carbons (Fsp3) is 0.400. The van der Waals surface area contributed by atoms with Gasteiger partial charge in [-0.2, -0.15) is 0 Å². The first-order chi connectivity index (χ1) is 11.8. The molecule has 1 unspecified atom stereocenters. The monoisotopic (exact) mass is 342 g/mol. The quantitative estimate of drug-likeness (QED) is 0.843. The standard InChI is InChI=1S/C20H26N2O3/c1-14(15-7-9-16(10-8-15)20(2,3)4)22-18(23)11-12-21-19(24)17-6-5-13-25-17/h5-10,13-14H,11-12H2,1-4H3,(H,21,24)(H,22,23). The summed E-state index contributed by atoms with van der Waals surface area (Å²) in [6.07, 6.45) is 1.66. The minimum atomic E-state index is -0.316. The first-order valence-electron chi connectivity index (χ1n) is 8.49. The number of carbonyl (C=O) groups excluding carboxylic acids is 2. The third-order valence-electron chi connectivity index (χ3n) is 4.04. The summed E-state index contributed by atoms with van der Waals surface area (Å²) in [5, 5.41) is 5.61. The fourth-order valence-corrected chi connectivity index (χ4v) is 2.45. The molecule has 0 aliphatic heterocycles. The first-order valence-corrected chi connectivity index (χ1v) is 8.49. The van der Waals surface area contributed by atoms with Crippen molar-refractivity contribution in [2.24, 2.45) is 0 Å². The smallest absolute Gasteiger partial charge is 0.286 e. The zero-order chi connectivity index (χ0) is 18.4. The number of nitrogens with one attached hydrogen (secondary N) is 2. The van der Waals surface area contributed by atoms with Gasteiger partial charge < -0.3 is 15.1 Å². The van der Waals surface area contributed by atoms with Crippen LogP contribution in [-0.2, 0) is 10.2 Å². The summed E-state index contributed by atoms with van der Waals surface area (Å²) >= 11 is 0. The molecular formula is C20H26N2O3. The molecule has 0 saturated heterocycles. The van der Waals surface area contributed by atoms with Gasteiger partial charge in [0.15, 0.2) is 5.76 Å². The Kier molecular flexibility index (Phi) is 6.02. The van der Waals surface area contributed by atoms with Crippen LogP contribution in [0.3, 0.4) is 0 Å². The molecular weight excluding hydrogens is 316 g/mol. The molecule has 0 bridgehead atoms. The van der Waals surface area contributed by atoms with Crippen molar-refractivity contribution in [3.05, 3.63) is 59.5 Å². The predicted molar refractivity (Wildman–Crippen MR) is 97.4 cm³/mol. The summed E-state index contributed by atoms with van der Waals surface area (Å²) in [5.74, 6) is -0.177. The van der Waals surface area contributed by atoms with Gasteiger partial charge in [-0.25, -0.2) is 0 Å². The minimum Gasteiger partial charge on any atom is -0.459 e. The van der Waals surface area contributed by atoms with Gasteiger partial charge in [0.25, 0.3) is 5.91 Å². The van der Waals surface area contributed by atoms with Crippen LogP contribution in [0.1, 0.15) is 61.8 Å². The average molecular weight is 342 g/mol. The fourth-order valence-electron chi connectivity index (χ4n) is 2.45. The minimum absolute atomic E-state index is 0.0812. The van der Waals surface area contributed by atoms with Gasteiger partial charge in [-0.15, -0.1) is 0 Å². The Bertz CT molecular complexity index is 698.